The first kappa shape index (κ1) is 16.2. The fourth-order valence-corrected chi connectivity index (χ4v) is 2.04. The van der Waals surface area contributed by atoms with Crippen LogP contribution in [0.15, 0.2) is 16.7 Å². The Balaban J connectivity index is 2.74. The van der Waals surface area contributed by atoms with E-state index in [1.165, 1.54) is 28.4 Å². The van der Waals surface area contributed by atoms with Crippen molar-refractivity contribution in [3.05, 3.63) is 23.5 Å². The molecule has 0 aliphatic carbocycles. The van der Waals surface area contributed by atoms with E-state index >= 15 is 0 Å². The summed E-state index contributed by atoms with van der Waals surface area (Å²) in [7, 11) is 5.58. The van der Waals surface area contributed by atoms with E-state index in [4.69, 9.17) is 18.7 Å². The van der Waals surface area contributed by atoms with E-state index in [0.717, 1.165) is 0 Å². The summed E-state index contributed by atoms with van der Waals surface area (Å²) in [6, 6.07) is 5.10. The fraction of sp³-hybridized carbons (Fsp3) is 0.267. The topological polar surface area (TPSA) is 104 Å². The zero-order valence-corrected chi connectivity index (χ0v) is 13.0. The molecule has 0 atom stereocenters. The van der Waals surface area contributed by atoms with Gasteiger partial charge in [0.1, 0.15) is 34.6 Å². The van der Waals surface area contributed by atoms with Gasteiger partial charge in [-0.1, -0.05) is 5.16 Å². The van der Waals surface area contributed by atoms with Crippen molar-refractivity contribution in [1.82, 2.24) is 5.16 Å². The van der Waals surface area contributed by atoms with Crippen molar-refractivity contribution < 1.29 is 28.3 Å². The number of nitrogens with zero attached hydrogens (tertiary/aromatic N) is 2. The van der Waals surface area contributed by atoms with Crippen molar-refractivity contribution >= 4 is 5.97 Å². The molecule has 0 aliphatic heterocycles. The second-order valence-corrected chi connectivity index (χ2v) is 4.25. The van der Waals surface area contributed by atoms with Gasteiger partial charge in [0.05, 0.1) is 34.0 Å². The van der Waals surface area contributed by atoms with Crippen LogP contribution in [0.5, 0.6) is 17.2 Å². The van der Waals surface area contributed by atoms with Gasteiger partial charge in [0.2, 0.25) is 0 Å². The molecule has 2 aromatic rings. The third kappa shape index (κ3) is 2.76. The number of esters is 1. The first-order valence-corrected chi connectivity index (χ1v) is 6.39. The van der Waals surface area contributed by atoms with Crippen LogP contribution in [0.25, 0.3) is 11.3 Å². The molecule has 23 heavy (non-hydrogen) atoms. The van der Waals surface area contributed by atoms with Crippen molar-refractivity contribution in [1.29, 1.82) is 5.26 Å². The highest BCUT2D eigenvalue weighted by Gasteiger charge is 2.28. The van der Waals surface area contributed by atoms with Crippen LogP contribution in [-0.2, 0) is 4.74 Å². The lowest BCUT2D eigenvalue weighted by Gasteiger charge is -2.13. The van der Waals surface area contributed by atoms with E-state index in [2.05, 4.69) is 9.89 Å². The number of nitriles is 1. The first-order chi connectivity index (χ1) is 11.1. The molecule has 1 heterocycles. The summed E-state index contributed by atoms with van der Waals surface area (Å²) >= 11 is 0. The highest BCUT2D eigenvalue weighted by Crippen LogP contribution is 2.42. The lowest BCUT2D eigenvalue weighted by Crippen LogP contribution is -2.02. The van der Waals surface area contributed by atoms with E-state index in [9.17, 15) is 10.1 Å². The van der Waals surface area contributed by atoms with Gasteiger partial charge in [-0.2, -0.15) is 5.26 Å². The molecule has 120 valence electrons. The molecule has 2 rings (SSSR count). The number of ether oxygens (including phenoxy) is 4. The first-order valence-electron chi connectivity index (χ1n) is 6.39. The molecule has 0 aliphatic rings. The third-order valence-electron chi connectivity index (χ3n) is 3.13. The minimum atomic E-state index is -0.799. The maximum absolute atomic E-state index is 11.7. The Morgan fingerprint density at radius 3 is 2.17 bits per heavy atom. The number of aromatic nitrogens is 1. The van der Waals surface area contributed by atoms with Crippen molar-refractivity contribution in [3.63, 3.8) is 0 Å². The molecule has 0 saturated carbocycles. The summed E-state index contributed by atoms with van der Waals surface area (Å²) in [6.45, 7) is 0. The normalized spacial score (nSPS) is 9.87. The van der Waals surface area contributed by atoms with Crippen LogP contribution >= 0.6 is 0 Å². The van der Waals surface area contributed by atoms with Crippen LogP contribution in [0.4, 0.5) is 0 Å². The quantitative estimate of drug-likeness (QED) is 0.771. The van der Waals surface area contributed by atoms with Crippen LogP contribution in [0, 0.1) is 11.3 Å². The average Bonchev–Trinajstić information content (AvgIpc) is 3.02. The van der Waals surface area contributed by atoms with Gasteiger partial charge in [-0.05, 0) is 0 Å². The standard InChI is InChI=1S/C15H14N2O6/c1-19-8-5-10(20-2)12(11(6-8)21-3)13-9(7-16)14(23-17-13)15(18)22-4/h5-6H,1-4H3. The van der Waals surface area contributed by atoms with Gasteiger partial charge >= 0.3 is 5.97 Å². The molecule has 0 fully saturated rings. The van der Waals surface area contributed by atoms with Gasteiger partial charge in [0, 0.05) is 12.1 Å². The molecule has 0 unspecified atom stereocenters. The van der Waals surface area contributed by atoms with E-state index in [1.54, 1.807) is 12.1 Å². The zero-order chi connectivity index (χ0) is 17.0. The van der Waals surface area contributed by atoms with Gasteiger partial charge in [-0.15, -0.1) is 0 Å². The Morgan fingerprint density at radius 1 is 1.13 bits per heavy atom. The number of benzene rings is 1. The van der Waals surface area contributed by atoms with Crippen molar-refractivity contribution in [2.75, 3.05) is 28.4 Å². The van der Waals surface area contributed by atoms with Crippen LogP contribution in [-0.4, -0.2) is 39.6 Å². The fourth-order valence-electron chi connectivity index (χ4n) is 2.04. The number of hydrogen-bond donors (Lipinski definition) is 0. The molecule has 0 amide bonds. The predicted molar refractivity (Wildman–Crippen MR) is 77.6 cm³/mol. The van der Waals surface area contributed by atoms with E-state index in [-0.39, 0.29) is 17.0 Å². The lowest BCUT2D eigenvalue weighted by molar-refractivity contribution is 0.0554. The molecule has 0 N–H and O–H groups in total. The number of hydrogen-bond acceptors (Lipinski definition) is 8. The molecule has 0 bridgehead atoms. The molecule has 8 heteroatoms. The summed E-state index contributed by atoms with van der Waals surface area (Å²) in [5.41, 5.74) is 0.411. The van der Waals surface area contributed by atoms with Crippen molar-refractivity contribution in [2.45, 2.75) is 0 Å². The van der Waals surface area contributed by atoms with Gasteiger partial charge in [-0.3, -0.25) is 0 Å². The Bertz CT molecular complexity index is 750. The molecule has 0 radical (unpaired) electrons. The second-order valence-electron chi connectivity index (χ2n) is 4.25. The van der Waals surface area contributed by atoms with Crippen LogP contribution in [0.1, 0.15) is 16.1 Å². The number of rotatable bonds is 5. The van der Waals surface area contributed by atoms with Crippen molar-refractivity contribution in [2.24, 2.45) is 0 Å². The summed E-state index contributed by atoms with van der Waals surface area (Å²) in [5.74, 6) is 0.110. The van der Waals surface area contributed by atoms with Crippen LogP contribution in [0.3, 0.4) is 0 Å². The minimum Gasteiger partial charge on any atom is -0.496 e. The van der Waals surface area contributed by atoms with Gasteiger partial charge in [0.15, 0.2) is 0 Å². The highest BCUT2D eigenvalue weighted by molar-refractivity contribution is 5.93. The second kappa shape index (κ2) is 6.70. The number of methoxy groups -OCH3 is 4. The molecular weight excluding hydrogens is 304 g/mol. The SMILES string of the molecule is COC(=O)c1onc(-c2c(OC)cc(OC)cc2OC)c1C#N. The summed E-state index contributed by atoms with van der Waals surface area (Å²) in [5, 5.41) is 13.2. The number of carbonyl (C=O) groups excluding carboxylic acids is 1. The van der Waals surface area contributed by atoms with Gasteiger partial charge < -0.3 is 23.5 Å². The Hall–Kier alpha value is -3.21. The summed E-state index contributed by atoms with van der Waals surface area (Å²) in [4.78, 5) is 11.7. The van der Waals surface area contributed by atoms with Crippen LogP contribution in [0.2, 0.25) is 0 Å². The van der Waals surface area contributed by atoms with E-state index in [0.29, 0.717) is 22.8 Å². The van der Waals surface area contributed by atoms with Gasteiger partial charge in [-0.25, -0.2) is 4.79 Å². The molecule has 1 aromatic carbocycles. The summed E-state index contributed by atoms with van der Waals surface area (Å²) in [6.07, 6.45) is 0. The molecule has 8 nitrogen and oxygen atoms in total. The smallest absolute Gasteiger partial charge is 0.378 e. The Labute approximate surface area is 132 Å². The molecule has 0 saturated heterocycles. The minimum absolute atomic E-state index is 0.0707. The Kier molecular flexibility index (Phi) is 4.71. The lowest BCUT2D eigenvalue weighted by atomic mass is 10.0. The third-order valence-corrected chi connectivity index (χ3v) is 3.13. The molecular formula is C15H14N2O6. The highest BCUT2D eigenvalue weighted by atomic mass is 16.5. The van der Waals surface area contributed by atoms with Gasteiger partial charge in [0.25, 0.3) is 5.76 Å². The Morgan fingerprint density at radius 2 is 1.74 bits per heavy atom. The maximum atomic E-state index is 11.7. The predicted octanol–water partition coefficient (Wildman–Crippen LogP) is 2.03. The van der Waals surface area contributed by atoms with E-state index in [1.807, 2.05) is 6.07 Å². The molecule has 1 aromatic heterocycles. The monoisotopic (exact) mass is 318 g/mol. The van der Waals surface area contributed by atoms with Crippen LogP contribution < -0.4 is 14.2 Å². The average molecular weight is 318 g/mol. The molecule has 0 spiro atoms. The van der Waals surface area contributed by atoms with E-state index < -0.39 is 5.97 Å². The maximum Gasteiger partial charge on any atom is 0.378 e. The zero-order valence-electron chi connectivity index (χ0n) is 13.0. The number of carbonyl (C=O) groups is 1. The van der Waals surface area contributed by atoms with Crippen molar-refractivity contribution in [3.8, 4) is 34.6 Å². The summed E-state index contributed by atoms with van der Waals surface area (Å²) < 4.78 is 25.3. The largest absolute Gasteiger partial charge is 0.496 e.